The molecule has 0 bridgehead atoms. The normalized spacial score (nSPS) is 16.0. The summed E-state index contributed by atoms with van der Waals surface area (Å²) in [6.07, 6.45) is -2.40. The molecular formula is C22H22F3N3O2. The van der Waals surface area contributed by atoms with E-state index in [2.05, 4.69) is 15.0 Å². The van der Waals surface area contributed by atoms with E-state index in [1.54, 1.807) is 0 Å². The van der Waals surface area contributed by atoms with Crippen LogP contribution in [-0.4, -0.2) is 34.2 Å². The number of halogens is 3. The van der Waals surface area contributed by atoms with Crippen LogP contribution in [0.5, 0.6) is 5.75 Å². The Morgan fingerprint density at radius 2 is 1.77 bits per heavy atom. The number of alkyl halides is 3. The van der Waals surface area contributed by atoms with Crippen LogP contribution in [0.15, 0.2) is 53.1 Å². The molecule has 1 saturated heterocycles. The molecule has 0 spiro atoms. The van der Waals surface area contributed by atoms with Crippen LogP contribution in [0.25, 0.3) is 11.4 Å². The molecule has 30 heavy (non-hydrogen) atoms. The summed E-state index contributed by atoms with van der Waals surface area (Å²) < 4.78 is 49.5. The Morgan fingerprint density at radius 1 is 1.07 bits per heavy atom. The molecule has 8 heteroatoms. The minimum Gasteiger partial charge on any atom is -0.490 e. The highest BCUT2D eigenvalue weighted by Crippen LogP contribution is 2.30. The number of benzene rings is 2. The maximum absolute atomic E-state index is 12.7. The van der Waals surface area contributed by atoms with Crippen molar-refractivity contribution in [2.24, 2.45) is 0 Å². The van der Waals surface area contributed by atoms with Gasteiger partial charge in [0.05, 0.1) is 12.1 Å². The third kappa shape index (κ3) is 4.81. The first kappa shape index (κ1) is 20.4. The number of piperidine rings is 1. The first-order chi connectivity index (χ1) is 14.4. The van der Waals surface area contributed by atoms with E-state index in [-0.39, 0.29) is 11.9 Å². The molecule has 0 N–H and O–H groups in total. The third-order valence-electron chi connectivity index (χ3n) is 5.22. The van der Waals surface area contributed by atoms with Crippen LogP contribution in [-0.2, 0) is 12.7 Å². The van der Waals surface area contributed by atoms with Gasteiger partial charge < -0.3 is 9.26 Å². The number of hydrogen-bond donors (Lipinski definition) is 0. The van der Waals surface area contributed by atoms with Crippen LogP contribution in [0.3, 0.4) is 0 Å². The molecule has 5 nitrogen and oxygen atoms in total. The van der Waals surface area contributed by atoms with E-state index in [4.69, 9.17) is 9.26 Å². The molecule has 0 radical (unpaired) electrons. The Bertz CT molecular complexity index is 978. The molecule has 4 rings (SSSR count). The van der Waals surface area contributed by atoms with Gasteiger partial charge in [0.1, 0.15) is 11.9 Å². The van der Waals surface area contributed by atoms with Gasteiger partial charge in [-0.05, 0) is 43.5 Å². The highest BCUT2D eigenvalue weighted by atomic mass is 19.4. The van der Waals surface area contributed by atoms with Gasteiger partial charge in [0.2, 0.25) is 11.7 Å². The molecular weight excluding hydrogens is 395 g/mol. The minimum absolute atomic E-state index is 0.174. The summed E-state index contributed by atoms with van der Waals surface area (Å²) in [6, 6.07) is 12.7. The molecule has 2 aromatic carbocycles. The standard InChI is InChI=1S/C22H22F3N3O2/c1-15-4-2-3-5-19(15)29-18-10-12-28(13-11-18)14-20-26-21(27-30-20)16-6-8-17(9-7-16)22(23,24)25/h2-9,18H,10-14H2,1H3. The Kier molecular flexibility index (Phi) is 5.76. The second kappa shape index (κ2) is 8.47. The molecule has 0 amide bonds. The van der Waals surface area contributed by atoms with Gasteiger partial charge in [-0.2, -0.15) is 18.2 Å². The number of rotatable bonds is 5. The molecule has 0 unspecified atom stereocenters. The summed E-state index contributed by atoms with van der Waals surface area (Å²) in [6.45, 7) is 4.22. The van der Waals surface area contributed by atoms with E-state index in [1.807, 2.05) is 31.2 Å². The first-order valence-electron chi connectivity index (χ1n) is 9.83. The average Bonchev–Trinajstić information content (AvgIpc) is 3.19. The highest BCUT2D eigenvalue weighted by Gasteiger charge is 2.30. The number of nitrogens with zero attached hydrogens (tertiary/aromatic N) is 3. The Hall–Kier alpha value is -2.87. The lowest BCUT2D eigenvalue weighted by Crippen LogP contribution is -2.37. The molecule has 0 aliphatic carbocycles. The second-order valence-corrected chi connectivity index (χ2v) is 7.45. The maximum Gasteiger partial charge on any atom is 0.416 e. The van der Waals surface area contributed by atoms with Crippen molar-refractivity contribution < 1.29 is 22.4 Å². The van der Waals surface area contributed by atoms with E-state index in [0.29, 0.717) is 18.0 Å². The zero-order valence-electron chi connectivity index (χ0n) is 16.5. The molecule has 0 saturated carbocycles. The summed E-state index contributed by atoms with van der Waals surface area (Å²) in [5.41, 5.74) is 0.913. The van der Waals surface area contributed by atoms with E-state index in [1.165, 1.54) is 12.1 Å². The largest absolute Gasteiger partial charge is 0.490 e. The number of aromatic nitrogens is 2. The van der Waals surface area contributed by atoms with Crippen molar-refractivity contribution in [3.8, 4) is 17.1 Å². The minimum atomic E-state index is -4.37. The number of ether oxygens (including phenoxy) is 1. The van der Waals surface area contributed by atoms with Crippen molar-refractivity contribution in [1.82, 2.24) is 15.0 Å². The molecule has 2 heterocycles. The fourth-order valence-corrected chi connectivity index (χ4v) is 3.49. The van der Waals surface area contributed by atoms with Crippen LogP contribution in [0.2, 0.25) is 0 Å². The molecule has 3 aromatic rings. The van der Waals surface area contributed by atoms with E-state index in [0.717, 1.165) is 49.4 Å². The SMILES string of the molecule is Cc1ccccc1OC1CCN(Cc2nc(-c3ccc(C(F)(F)F)cc3)no2)CC1. The Balaban J connectivity index is 1.31. The fraction of sp³-hybridized carbons (Fsp3) is 0.364. The van der Waals surface area contributed by atoms with Crippen LogP contribution >= 0.6 is 0 Å². The van der Waals surface area contributed by atoms with Gasteiger partial charge in [0.15, 0.2) is 0 Å². The predicted octanol–water partition coefficient (Wildman–Crippen LogP) is 5.11. The number of hydrogen-bond acceptors (Lipinski definition) is 5. The first-order valence-corrected chi connectivity index (χ1v) is 9.83. The molecule has 0 atom stereocenters. The van der Waals surface area contributed by atoms with E-state index in [9.17, 15) is 13.2 Å². The van der Waals surface area contributed by atoms with Crippen LogP contribution < -0.4 is 4.74 Å². The molecule has 1 aliphatic heterocycles. The predicted molar refractivity (Wildman–Crippen MR) is 105 cm³/mol. The topological polar surface area (TPSA) is 51.4 Å². The molecule has 1 aromatic heterocycles. The lowest BCUT2D eigenvalue weighted by molar-refractivity contribution is -0.137. The van der Waals surface area contributed by atoms with Gasteiger partial charge in [-0.25, -0.2) is 0 Å². The van der Waals surface area contributed by atoms with Gasteiger partial charge in [-0.1, -0.05) is 35.5 Å². The van der Waals surface area contributed by atoms with E-state index < -0.39 is 11.7 Å². The Labute approximate surface area is 172 Å². The lowest BCUT2D eigenvalue weighted by atomic mass is 10.1. The number of aryl methyl sites for hydroxylation is 1. The number of likely N-dealkylation sites (tertiary alicyclic amines) is 1. The summed E-state index contributed by atoms with van der Waals surface area (Å²) in [5.74, 6) is 1.66. The third-order valence-corrected chi connectivity index (χ3v) is 5.22. The summed E-state index contributed by atoms with van der Waals surface area (Å²) in [5, 5.41) is 3.91. The van der Waals surface area contributed by atoms with E-state index >= 15 is 0 Å². The molecule has 1 fully saturated rings. The monoisotopic (exact) mass is 417 g/mol. The number of para-hydroxylation sites is 1. The van der Waals surface area contributed by atoms with Crippen molar-refractivity contribution >= 4 is 0 Å². The maximum atomic E-state index is 12.7. The fourth-order valence-electron chi connectivity index (χ4n) is 3.49. The van der Waals surface area contributed by atoms with Crippen molar-refractivity contribution in [3.05, 3.63) is 65.5 Å². The van der Waals surface area contributed by atoms with Crippen LogP contribution in [0.4, 0.5) is 13.2 Å². The molecule has 1 aliphatic rings. The van der Waals surface area contributed by atoms with Crippen LogP contribution in [0.1, 0.15) is 29.9 Å². The van der Waals surface area contributed by atoms with Gasteiger partial charge in [0, 0.05) is 18.7 Å². The highest BCUT2D eigenvalue weighted by molar-refractivity contribution is 5.54. The van der Waals surface area contributed by atoms with Crippen molar-refractivity contribution in [3.63, 3.8) is 0 Å². The van der Waals surface area contributed by atoms with Gasteiger partial charge >= 0.3 is 6.18 Å². The summed E-state index contributed by atoms with van der Waals surface area (Å²) in [7, 11) is 0. The van der Waals surface area contributed by atoms with Crippen molar-refractivity contribution in [2.75, 3.05) is 13.1 Å². The zero-order chi connectivity index (χ0) is 21.1. The second-order valence-electron chi connectivity index (χ2n) is 7.45. The summed E-state index contributed by atoms with van der Waals surface area (Å²) in [4.78, 5) is 6.54. The van der Waals surface area contributed by atoms with Gasteiger partial charge in [-0.3, -0.25) is 4.90 Å². The van der Waals surface area contributed by atoms with Crippen molar-refractivity contribution in [2.45, 2.75) is 38.6 Å². The summed E-state index contributed by atoms with van der Waals surface area (Å²) >= 11 is 0. The zero-order valence-corrected chi connectivity index (χ0v) is 16.5. The average molecular weight is 417 g/mol. The van der Waals surface area contributed by atoms with Crippen LogP contribution in [0, 0.1) is 6.92 Å². The van der Waals surface area contributed by atoms with Crippen molar-refractivity contribution in [1.29, 1.82) is 0 Å². The smallest absolute Gasteiger partial charge is 0.416 e. The Morgan fingerprint density at radius 3 is 2.43 bits per heavy atom. The van der Waals surface area contributed by atoms with Gasteiger partial charge in [0.25, 0.3) is 0 Å². The van der Waals surface area contributed by atoms with Gasteiger partial charge in [-0.15, -0.1) is 0 Å². The quantitative estimate of drug-likeness (QED) is 0.578. The lowest BCUT2D eigenvalue weighted by Gasteiger charge is -2.31. The molecule has 158 valence electrons.